The zero-order valence-electron chi connectivity index (χ0n) is 15.0. The van der Waals surface area contributed by atoms with E-state index in [0.29, 0.717) is 23.8 Å². The average Bonchev–Trinajstić information content (AvgIpc) is 3.01. The Balaban J connectivity index is 1.98. The molecule has 146 valence electrons. The second-order valence-corrected chi connectivity index (χ2v) is 8.27. The number of nitrogens with zero attached hydrogens (tertiary/aromatic N) is 3. The first-order chi connectivity index (χ1) is 12.7. The maximum atomic E-state index is 12.6. The zero-order chi connectivity index (χ0) is 19.8. The van der Waals surface area contributed by atoms with E-state index in [2.05, 4.69) is 14.9 Å². The van der Waals surface area contributed by atoms with E-state index in [1.165, 1.54) is 17.0 Å². The van der Waals surface area contributed by atoms with Crippen LogP contribution in [-0.2, 0) is 21.4 Å². The van der Waals surface area contributed by atoms with Gasteiger partial charge in [-0.15, -0.1) is 0 Å². The van der Waals surface area contributed by atoms with Crippen molar-refractivity contribution in [1.29, 1.82) is 0 Å². The van der Waals surface area contributed by atoms with Gasteiger partial charge in [0.2, 0.25) is 15.9 Å². The van der Waals surface area contributed by atoms with E-state index >= 15 is 0 Å². The van der Waals surface area contributed by atoms with Gasteiger partial charge in [-0.1, -0.05) is 23.7 Å². The number of hydrogen-bond donors (Lipinski definition) is 1. The van der Waals surface area contributed by atoms with Crippen LogP contribution in [0.5, 0.6) is 5.75 Å². The van der Waals surface area contributed by atoms with Crippen LogP contribution in [0.3, 0.4) is 0 Å². The summed E-state index contributed by atoms with van der Waals surface area (Å²) in [5.74, 6) is 0.611. The van der Waals surface area contributed by atoms with Gasteiger partial charge in [0, 0.05) is 19.0 Å². The number of carbonyl (C=O) groups is 1. The van der Waals surface area contributed by atoms with Gasteiger partial charge in [0.05, 0.1) is 17.3 Å². The van der Waals surface area contributed by atoms with Gasteiger partial charge in [0.25, 0.3) is 5.91 Å². The number of aryl methyl sites for hydroxylation is 1. The fourth-order valence-corrected chi connectivity index (χ4v) is 4.40. The highest BCUT2D eigenvalue weighted by Crippen LogP contribution is 2.39. The summed E-state index contributed by atoms with van der Waals surface area (Å²) in [5, 5.41) is 3.76. The Morgan fingerprint density at radius 3 is 2.78 bits per heavy atom. The number of benzene rings is 1. The molecule has 2 heterocycles. The number of hydrogen-bond acceptors (Lipinski definition) is 7. The lowest BCUT2D eigenvalue weighted by atomic mass is 10.2. The van der Waals surface area contributed by atoms with Crippen molar-refractivity contribution in [2.24, 2.45) is 0 Å². The van der Waals surface area contributed by atoms with Gasteiger partial charge in [-0.25, -0.2) is 13.1 Å². The first kappa shape index (κ1) is 19.6. The van der Waals surface area contributed by atoms with Crippen molar-refractivity contribution in [3.63, 3.8) is 0 Å². The number of aromatic nitrogens is 2. The van der Waals surface area contributed by atoms with Crippen molar-refractivity contribution in [3.8, 4) is 5.75 Å². The molecule has 0 saturated carbocycles. The van der Waals surface area contributed by atoms with Gasteiger partial charge in [0.1, 0.15) is 10.6 Å². The molecule has 1 atom stereocenters. The summed E-state index contributed by atoms with van der Waals surface area (Å²) in [5.41, 5.74) is 0.348. The van der Waals surface area contributed by atoms with Crippen LogP contribution in [-0.4, -0.2) is 37.1 Å². The molecule has 9 nitrogen and oxygen atoms in total. The van der Waals surface area contributed by atoms with Crippen molar-refractivity contribution in [2.75, 3.05) is 11.5 Å². The number of ether oxygens (including phenoxy) is 1. The fourth-order valence-electron chi connectivity index (χ4n) is 2.54. The highest BCUT2D eigenvalue weighted by atomic mass is 35.5. The van der Waals surface area contributed by atoms with Crippen LogP contribution in [0.15, 0.2) is 21.6 Å². The summed E-state index contributed by atoms with van der Waals surface area (Å²) in [6.07, 6.45) is 0.630. The predicted molar refractivity (Wildman–Crippen MR) is 97.2 cm³/mol. The van der Waals surface area contributed by atoms with Gasteiger partial charge in [-0.3, -0.25) is 9.69 Å². The second kappa shape index (κ2) is 7.45. The number of amides is 1. The fraction of sp³-hybridized carbons (Fsp3) is 0.438. The molecule has 3 rings (SSSR count). The van der Waals surface area contributed by atoms with E-state index in [1.807, 2.05) is 6.92 Å². The first-order valence-corrected chi connectivity index (χ1v) is 10.2. The number of carbonyl (C=O) groups excluding carboxylic acids is 1. The van der Waals surface area contributed by atoms with Crippen LogP contribution < -0.4 is 14.4 Å². The van der Waals surface area contributed by atoms with E-state index in [9.17, 15) is 13.2 Å². The third-order valence-corrected chi connectivity index (χ3v) is 6.14. The average molecular weight is 415 g/mol. The van der Waals surface area contributed by atoms with Crippen LogP contribution in [0.2, 0.25) is 5.02 Å². The first-order valence-electron chi connectivity index (χ1n) is 8.29. The summed E-state index contributed by atoms with van der Waals surface area (Å²) in [7, 11) is -3.83. The summed E-state index contributed by atoms with van der Waals surface area (Å²) in [6, 6.07) is 2.47. The largest absolute Gasteiger partial charge is 0.482 e. The molecule has 0 bridgehead atoms. The summed E-state index contributed by atoms with van der Waals surface area (Å²) < 4.78 is 38.1. The van der Waals surface area contributed by atoms with E-state index in [0.717, 1.165) is 0 Å². The predicted octanol–water partition coefficient (Wildman–Crippen LogP) is 2.03. The molecule has 27 heavy (non-hydrogen) atoms. The molecule has 1 aromatic heterocycles. The second-order valence-electron chi connectivity index (χ2n) is 6.18. The van der Waals surface area contributed by atoms with Crippen LogP contribution >= 0.6 is 11.6 Å². The molecule has 0 fully saturated rings. The topological polar surface area (TPSA) is 115 Å². The third-order valence-electron chi connectivity index (χ3n) is 4.08. The molecule has 0 aliphatic carbocycles. The molecular weight excluding hydrogens is 396 g/mol. The summed E-state index contributed by atoms with van der Waals surface area (Å²) in [4.78, 5) is 17.6. The van der Waals surface area contributed by atoms with E-state index < -0.39 is 10.0 Å². The number of sulfonamides is 1. The molecule has 2 aromatic rings. The van der Waals surface area contributed by atoms with Gasteiger partial charge in [-0.2, -0.15) is 4.98 Å². The standard InChI is InChI=1S/C16H19ClN4O5S/c1-4-9(2)20-27(23,24)14-6-13-12(5-11(14)17)21(16(22)8-25-13)7-15-18-10(3)26-19-15/h5-6,9,20H,4,7-8H2,1-3H3/t9-/m1/s1. The zero-order valence-corrected chi connectivity index (χ0v) is 16.6. The van der Waals surface area contributed by atoms with Crippen molar-refractivity contribution < 1.29 is 22.5 Å². The lowest BCUT2D eigenvalue weighted by Gasteiger charge is -2.29. The molecule has 0 radical (unpaired) electrons. The van der Waals surface area contributed by atoms with Crippen LogP contribution in [0.4, 0.5) is 5.69 Å². The van der Waals surface area contributed by atoms with Crippen molar-refractivity contribution >= 4 is 33.2 Å². The normalized spacial score (nSPS) is 15.4. The van der Waals surface area contributed by atoms with Gasteiger partial charge in [0.15, 0.2) is 12.4 Å². The Hall–Kier alpha value is -2.17. The molecule has 1 aliphatic heterocycles. The van der Waals surface area contributed by atoms with Crippen molar-refractivity contribution in [3.05, 3.63) is 28.9 Å². The van der Waals surface area contributed by atoms with E-state index in [1.54, 1.807) is 13.8 Å². The Morgan fingerprint density at radius 2 is 2.15 bits per heavy atom. The number of fused-ring (bicyclic) bond motifs is 1. The smallest absolute Gasteiger partial charge is 0.265 e. The van der Waals surface area contributed by atoms with Gasteiger partial charge in [-0.05, 0) is 19.4 Å². The van der Waals surface area contributed by atoms with Crippen molar-refractivity contribution in [2.45, 2.75) is 44.7 Å². The minimum Gasteiger partial charge on any atom is -0.482 e. The maximum Gasteiger partial charge on any atom is 0.265 e. The lowest BCUT2D eigenvalue weighted by molar-refractivity contribution is -0.121. The number of halogens is 1. The van der Waals surface area contributed by atoms with Crippen LogP contribution in [0.25, 0.3) is 0 Å². The molecule has 1 N–H and O–H groups in total. The number of rotatable bonds is 6. The Morgan fingerprint density at radius 1 is 1.41 bits per heavy atom. The molecule has 0 saturated heterocycles. The Kier molecular flexibility index (Phi) is 5.41. The van der Waals surface area contributed by atoms with Crippen LogP contribution in [0.1, 0.15) is 32.0 Å². The quantitative estimate of drug-likeness (QED) is 0.768. The number of anilines is 1. The van der Waals surface area contributed by atoms with Crippen LogP contribution in [0, 0.1) is 6.92 Å². The van der Waals surface area contributed by atoms with Crippen molar-refractivity contribution in [1.82, 2.24) is 14.9 Å². The summed E-state index contributed by atoms with van der Waals surface area (Å²) in [6.45, 7) is 5.09. The van der Waals surface area contributed by atoms with E-state index in [-0.39, 0.29) is 40.8 Å². The lowest BCUT2D eigenvalue weighted by Crippen LogP contribution is -2.39. The minimum absolute atomic E-state index is 0.0165. The van der Waals surface area contributed by atoms with E-state index in [4.69, 9.17) is 20.9 Å². The molecule has 1 aliphatic rings. The Labute approximate surface area is 161 Å². The van der Waals surface area contributed by atoms with Gasteiger partial charge >= 0.3 is 0 Å². The molecule has 11 heteroatoms. The number of nitrogens with one attached hydrogen (secondary N) is 1. The maximum absolute atomic E-state index is 12.6. The molecule has 0 spiro atoms. The molecule has 1 amide bonds. The summed E-state index contributed by atoms with van der Waals surface area (Å²) >= 11 is 6.23. The monoisotopic (exact) mass is 414 g/mol. The highest BCUT2D eigenvalue weighted by molar-refractivity contribution is 7.89. The Bertz CT molecular complexity index is 975. The minimum atomic E-state index is -3.83. The molecular formula is C16H19ClN4O5S. The molecule has 0 unspecified atom stereocenters. The molecule has 1 aromatic carbocycles. The highest BCUT2D eigenvalue weighted by Gasteiger charge is 2.31. The SMILES string of the molecule is CC[C@@H](C)NS(=O)(=O)c1cc2c(cc1Cl)N(Cc1noc(C)n1)C(=O)CO2. The third kappa shape index (κ3) is 4.07. The van der Waals surface area contributed by atoms with Gasteiger partial charge < -0.3 is 9.26 Å².